The van der Waals surface area contributed by atoms with Crippen molar-refractivity contribution in [2.75, 3.05) is 11.9 Å². The van der Waals surface area contributed by atoms with Gasteiger partial charge in [0.05, 0.1) is 0 Å². The lowest BCUT2D eigenvalue weighted by Gasteiger charge is -2.13. The Hall–Kier alpha value is -2.26. The van der Waals surface area contributed by atoms with Crippen LogP contribution in [0.3, 0.4) is 0 Å². The van der Waals surface area contributed by atoms with Gasteiger partial charge in [-0.25, -0.2) is 0 Å². The molecule has 0 saturated heterocycles. The molecule has 0 saturated carbocycles. The highest BCUT2D eigenvalue weighted by atomic mass is 16.4. The van der Waals surface area contributed by atoms with Crippen LogP contribution in [0.5, 0.6) is 0 Å². The topological polar surface area (TPSA) is 45.4 Å². The molecule has 0 spiro atoms. The predicted octanol–water partition coefficient (Wildman–Crippen LogP) is 3.79. The summed E-state index contributed by atoms with van der Waals surface area (Å²) >= 11 is 0. The van der Waals surface area contributed by atoms with Crippen molar-refractivity contribution in [3.8, 4) is 0 Å². The highest BCUT2D eigenvalue weighted by Crippen LogP contribution is 2.35. The Morgan fingerprint density at radius 1 is 1.19 bits per heavy atom. The molecule has 4 rings (SSSR count). The van der Waals surface area contributed by atoms with E-state index in [4.69, 9.17) is 4.42 Å². The number of para-hydroxylation sites is 1. The smallest absolute Gasteiger partial charge is 0.139 e. The molecular formula is C18H17NO2. The number of hydrogen-bond donors (Lipinski definition) is 2. The number of benzene rings is 2. The quantitative estimate of drug-likeness (QED) is 0.750. The van der Waals surface area contributed by atoms with E-state index in [9.17, 15) is 5.11 Å². The Morgan fingerprint density at radius 3 is 3.00 bits per heavy atom. The monoisotopic (exact) mass is 279 g/mol. The largest absolute Gasteiger partial charge is 0.458 e. The summed E-state index contributed by atoms with van der Waals surface area (Å²) in [5.41, 5.74) is 5.21. The van der Waals surface area contributed by atoms with E-state index >= 15 is 0 Å². The average molecular weight is 279 g/mol. The van der Waals surface area contributed by atoms with Gasteiger partial charge in [0, 0.05) is 23.2 Å². The van der Waals surface area contributed by atoms with Crippen LogP contribution in [-0.4, -0.2) is 11.7 Å². The maximum absolute atomic E-state index is 10.7. The number of nitrogens with one attached hydrogen (secondary N) is 1. The number of fused-ring (bicyclic) bond motifs is 2. The van der Waals surface area contributed by atoms with Gasteiger partial charge in [-0.3, -0.25) is 0 Å². The van der Waals surface area contributed by atoms with Gasteiger partial charge in [-0.2, -0.15) is 0 Å². The molecule has 0 bridgehead atoms. The molecule has 1 unspecified atom stereocenters. The minimum atomic E-state index is -0.738. The van der Waals surface area contributed by atoms with E-state index in [0.29, 0.717) is 5.76 Å². The van der Waals surface area contributed by atoms with Gasteiger partial charge < -0.3 is 14.8 Å². The number of aryl methyl sites for hydroxylation is 1. The summed E-state index contributed by atoms with van der Waals surface area (Å²) in [6, 6.07) is 14.0. The van der Waals surface area contributed by atoms with Crippen molar-refractivity contribution in [3.05, 3.63) is 64.9 Å². The average Bonchev–Trinajstić information content (AvgIpc) is 3.11. The third-order valence-corrected chi connectivity index (χ3v) is 4.13. The molecule has 2 heterocycles. The minimum absolute atomic E-state index is 0.595. The Bertz CT molecular complexity index is 819. The number of aliphatic hydroxyl groups excluding tert-OH is 1. The van der Waals surface area contributed by atoms with Crippen molar-refractivity contribution in [3.63, 3.8) is 0 Å². The second-order valence-electron chi connectivity index (χ2n) is 5.65. The molecule has 0 amide bonds. The maximum atomic E-state index is 10.7. The summed E-state index contributed by atoms with van der Waals surface area (Å²) < 4.78 is 5.82. The number of aliphatic hydroxyl groups is 1. The van der Waals surface area contributed by atoms with Gasteiger partial charge in [0.1, 0.15) is 17.4 Å². The molecule has 2 aromatic carbocycles. The van der Waals surface area contributed by atoms with Crippen LogP contribution in [0.4, 0.5) is 5.69 Å². The summed E-state index contributed by atoms with van der Waals surface area (Å²) in [5, 5.41) is 15.1. The lowest BCUT2D eigenvalue weighted by molar-refractivity contribution is 0.193. The molecule has 106 valence electrons. The second kappa shape index (κ2) is 4.64. The van der Waals surface area contributed by atoms with E-state index in [2.05, 4.69) is 24.4 Å². The van der Waals surface area contributed by atoms with E-state index in [-0.39, 0.29) is 0 Å². The molecule has 0 fully saturated rings. The number of furan rings is 1. The van der Waals surface area contributed by atoms with Crippen molar-refractivity contribution >= 4 is 16.7 Å². The van der Waals surface area contributed by atoms with Gasteiger partial charge in [0.25, 0.3) is 0 Å². The van der Waals surface area contributed by atoms with E-state index in [1.54, 1.807) is 0 Å². The summed E-state index contributed by atoms with van der Waals surface area (Å²) in [5.74, 6) is 0.595. The summed E-state index contributed by atoms with van der Waals surface area (Å²) in [6.45, 7) is 2.98. The molecule has 0 aliphatic carbocycles. The maximum Gasteiger partial charge on any atom is 0.139 e. The lowest BCUT2D eigenvalue weighted by Crippen LogP contribution is -2.02. The van der Waals surface area contributed by atoms with E-state index < -0.39 is 6.10 Å². The van der Waals surface area contributed by atoms with Gasteiger partial charge in [0.2, 0.25) is 0 Å². The minimum Gasteiger partial charge on any atom is -0.458 e. The molecule has 3 nitrogen and oxygen atoms in total. The fourth-order valence-electron chi connectivity index (χ4n) is 3.07. The van der Waals surface area contributed by atoms with E-state index in [0.717, 1.165) is 35.2 Å². The Kier molecular flexibility index (Phi) is 2.76. The number of rotatable bonds is 2. The third kappa shape index (κ3) is 2.01. The van der Waals surface area contributed by atoms with Gasteiger partial charge >= 0.3 is 0 Å². The van der Waals surface area contributed by atoms with Crippen molar-refractivity contribution in [1.82, 2.24) is 0 Å². The molecule has 3 heteroatoms. The van der Waals surface area contributed by atoms with Crippen LogP contribution in [0, 0.1) is 6.92 Å². The van der Waals surface area contributed by atoms with Crippen molar-refractivity contribution in [2.45, 2.75) is 19.4 Å². The molecule has 1 aliphatic rings. The number of hydrogen-bond acceptors (Lipinski definition) is 3. The predicted molar refractivity (Wildman–Crippen MR) is 83.6 cm³/mol. The molecule has 1 aromatic heterocycles. The molecule has 1 aliphatic heterocycles. The fourth-order valence-corrected chi connectivity index (χ4v) is 3.07. The lowest BCUT2D eigenvalue weighted by atomic mass is 10.0. The zero-order valence-electron chi connectivity index (χ0n) is 11.9. The number of anilines is 1. The summed E-state index contributed by atoms with van der Waals surface area (Å²) in [7, 11) is 0. The summed E-state index contributed by atoms with van der Waals surface area (Å²) in [4.78, 5) is 0. The molecule has 1 atom stereocenters. The van der Waals surface area contributed by atoms with Crippen molar-refractivity contribution < 1.29 is 9.52 Å². The van der Waals surface area contributed by atoms with Gasteiger partial charge in [0.15, 0.2) is 0 Å². The zero-order valence-corrected chi connectivity index (χ0v) is 11.9. The van der Waals surface area contributed by atoms with E-state index in [1.165, 1.54) is 11.1 Å². The van der Waals surface area contributed by atoms with Crippen LogP contribution in [0.25, 0.3) is 11.0 Å². The van der Waals surface area contributed by atoms with Crippen LogP contribution < -0.4 is 5.32 Å². The van der Waals surface area contributed by atoms with Crippen LogP contribution >= 0.6 is 0 Å². The van der Waals surface area contributed by atoms with E-state index in [1.807, 2.05) is 30.3 Å². The molecule has 21 heavy (non-hydrogen) atoms. The highest BCUT2D eigenvalue weighted by Gasteiger charge is 2.22. The van der Waals surface area contributed by atoms with Crippen LogP contribution in [0.2, 0.25) is 0 Å². The van der Waals surface area contributed by atoms with Crippen LogP contribution in [-0.2, 0) is 6.42 Å². The normalized spacial score (nSPS) is 15.0. The van der Waals surface area contributed by atoms with Crippen LogP contribution in [0.1, 0.15) is 28.6 Å². The highest BCUT2D eigenvalue weighted by molar-refractivity contribution is 5.79. The first kappa shape index (κ1) is 12.5. The Labute approximate surface area is 123 Å². The molecule has 2 N–H and O–H groups in total. The first-order chi connectivity index (χ1) is 10.2. The Balaban J connectivity index is 1.79. The molecular weight excluding hydrogens is 262 g/mol. The standard InChI is InChI=1S/C18H17NO2/c1-11-5-6-15-13(9-11)10-16(21-15)18(20)14-4-2-3-12-7-8-19-17(12)14/h2-6,9-10,18-20H,7-8H2,1H3. The zero-order chi connectivity index (χ0) is 14.4. The first-order valence-corrected chi connectivity index (χ1v) is 7.26. The molecule has 0 radical (unpaired) electrons. The summed E-state index contributed by atoms with van der Waals surface area (Å²) in [6.07, 6.45) is 0.271. The van der Waals surface area contributed by atoms with Crippen molar-refractivity contribution in [1.29, 1.82) is 0 Å². The van der Waals surface area contributed by atoms with Gasteiger partial charge in [-0.15, -0.1) is 0 Å². The molecule has 3 aromatic rings. The first-order valence-electron chi connectivity index (χ1n) is 7.26. The Morgan fingerprint density at radius 2 is 2.10 bits per heavy atom. The fraction of sp³-hybridized carbons (Fsp3) is 0.222. The van der Waals surface area contributed by atoms with Crippen LogP contribution in [0.15, 0.2) is 46.9 Å². The SMILES string of the molecule is Cc1ccc2oc(C(O)c3cccc4c3NCC4)cc2c1. The van der Waals surface area contributed by atoms with Gasteiger partial charge in [-0.1, -0.05) is 29.8 Å². The third-order valence-electron chi connectivity index (χ3n) is 4.13. The second-order valence-corrected chi connectivity index (χ2v) is 5.65. The van der Waals surface area contributed by atoms with Gasteiger partial charge in [-0.05, 0) is 37.1 Å². The van der Waals surface area contributed by atoms with Crippen molar-refractivity contribution in [2.24, 2.45) is 0 Å².